The monoisotopic (exact) mass is 381 g/mol. The van der Waals surface area contributed by atoms with Crippen molar-refractivity contribution < 1.29 is 0 Å². The van der Waals surface area contributed by atoms with Crippen molar-refractivity contribution >= 4 is 0 Å². The number of hydrogen-bond donors (Lipinski definition) is 1. The van der Waals surface area contributed by atoms with Crippen LogP contribution in [-0.2, 0) is 19.6 Å². The van der Waals surface area contributed by atoms with Crippen LogP contribution in [0.3, 0.4) is 0 Å². The summed E-state index contributed by atoms with van der Waals surface area (Å²) >= 11 is 0. The summed E-state index contributed by atoms with van der Waals surface area (Å²) in [4.78, 5) is 6.81. The molecule has 1 aliphatic heterocycles. The summed E-state index contributed by atoms with van der Waals surface area (Å²) < 4.78 is 2.03. The summed E-state index contributed by atoms with van der Waals surface area (Å²) in [5.41, 5.74) is 4.06. The van der Waals surface area contributed by atoms with Crippen molar-refractivity contribution in [2.45, 2.75) is 84.2 Å². The van der Waals surface area contributed by atoms with Gasteiger partial charge in [-0.25, -0.2) is 0 Å². The largest absolute Gasteiger partial charge is 0.307 e. The normalized spacial score (nSPS) is 19.1. The predicted molar refractivity (Wildman–Crippen MR) is 115 cm³/mol. The van der Waals surface area contributed by atoms with Crippen LogP contribution >= 0.6 is 0 Å². The van der Waals surface area contributed by atoms with Gasteiger partial charge in [0.25, 0.3) is 0 Å². The Morgan fingerprint density at radius 1 is 1.18 bits per heavy atom. The molecule has 0 saturated carbocycles. The first kappa shape index (κ1) is 20.7. The third-order valence-corrected chi connectivity index (χ3v) is 5.70. The summed E-state index contributed by atoms with van der Waals surface area (Å²) in [7, 11) is 0. The van der Waals surface area contributed by atoms with E-state index < -0.39 is 0 Å². The molecule has 152 valence electrons. The molecular weight excluding hydrogens is 346 g/mol. The second-order valence-electron chi connectivity index (χ2n) is 9.44. The fourth-order valence-corrected chi connectivity index (χ4v) is 4.73. The SMILES string of the molecule is C=CCn1ncc(CN(Cc2ccncc2)C2CC(C)(C)NC(C)(C)C2)c1C. The van der Waals surface area contributed by atoms with Gasteiger partial charge in [-0.3, -0.25) is 14.6 Å². The minimum Gasteiger partial charge on any atom is -0.307 e. The number of piperidine rings is 1. The molecule has 0 aliphatic carbocycles. The lowest BCUT2D eigenvalue weighted by Crippen LogP contribution is -2.62. The topological polar surface area (TPSA) is 46.0 Å². The molecule has 5 nitrogen and oxygen atoms in total. The minimum absolute atomic E-state index is 0.116. The highest BCUT2D eigenvalue weighted by atomic mass is 15.3. The number of pyridine rings is 1. The second kappa shape index (κ2) is 8.18. The number of aromatic nitrogens is 3. The Morgan fingerprint density at radius 2 is 1.82 bits per heavy atom. The van der Waals surface area contributed by atoms with Crippen LogP contribution in [0.25, 0.3) is 0 Å². The zero-order valence-corrected chi connectivity index (χ0v) is 18.1. The molecule has 0 unspecified atom stereocenters. The highest BCUT2D eigenvalue weighted by molar-refractivity contribution is 5.18. The maximum Gasteiger partial charge on any atom is 0.0590 e. The Bertz CT molecular complexity index is 775. The maximum atomic E-state index is 4.56. The van der Waals surface area contributed by atoms with Gasteiger partial charge in [-0.15, -0.1) is 6.58 Å². The van der Waals surface area contributed by atoms with Gasteiger partial charge in [0.15, 0.2) is 0 Å². The summed E-state index contributed by atoms with van der Waals surface area (Å²) in [5, 5.41) is 8.38. The predicted octanol–water partition coefficient (Wildman–Crippen LogP) is 4.08. The van der Waals surface area contributed by atoms with Crippen molar-refractivity contribution in [1.82, 2.24) is 25.0 Å². The van der Waals surface area contributed by atoms with E-state index in [9.17, 15) is 0 Å². The Balaban J connectivity index is 1.88. The van der Waals surface area contributed by atoms with E-state index in [0.29, 0.717) is 6.04 Å². The zero-order valence-electron chi connectivity index (χ0n) is 18.1. The van der Waals surface area contributed by atoms with Crippen LogP contribution in [0.5, 0.6) is 0 Å². The maximum absolute atomic E-state index is 4.56. The van der Waals surface area contributed by atoms with Crippen LogP contribution in [0, 0.1) is 6.92 Å². The second-order valence-corrected chi connectivity index (χ2v) is 9.44. The molecule has 0 aromatic carbocycles. The van der Waals surface area contributed by atoms with E-state index in [1.54, 1.807) is 0 Å². The van der Waals surface area contributed by atoms with Gasteiger partial charge in [0.1, 0.15) is 0 Å². The van der Waals surface area contributed by atoms with Gasteiger partial charge >= 0.3 is 0 Å². The molecule has 1 saturated heterocycles. The van der Waals surface area contributed by atoms with E-state index >= 15 is 0 Å². The standard InChI is InChI=1S/C23H35N5/c1-7-12-28-18(2)20(15-25-28)17-27(16-19-8-10-24-11-9-19)21-13-22(3,4)26-23(5,6)14-21/h7-11,15,21,26H,1,12-14,16-17H2,2-6H3. The van der Waals surface area contributed by atoms with E-state index in [4.69, 9.17) is 0 Å². The van der Waals surface area contributed by atoms with Gasteiger partial charge in [-0.1, -0.05) is 6.08 Å². The molecule has 3 rings (SSSR count). The molecule has 1 N–H and O–H groups in total. The first-order valence-corrected chi connectivity index (χ1v) is 10.2. The summed E-state index contributed by atoms with van der Waals surface area (Å²) in [6.45, 7) is 17.9. The van der Waals surface area contributed by atoms with Crippen LogP contribution in [0.1, 0.15) is 57.4 Å². The van der Waals surface area contributed by atoms with Gasteiger partial charge in [0.05, 0.1) is 12.7 Å². The van der Waals surface area contributed by atoms with Gasteiger partial charge in [0, 0.05) is 53.9 Å². The average Bonchev–Trinajstić information content (AvgIpc) is 2.93. The summed E-state index contributed by atoms with van der Waals surface area (Å²) in [6.07, 6.45) is 9.95. The fraction of sp³-hybridized carbons (Fsp3) is 0.565. The van der Waals surface area contributed by atoms with Crippen LogP contribution < -0.4 is 5.32 Å². The van der Waals surface area contributed by atoms with Gasteiger partial charge < -0.3 is 5.32 Å². The number of rotatable bonds is 7. The molecule has 1 aliphatic rings. The molecule has 0 amide bonds. The van der Waals surface area contributed by atoms with Crippen LogP contribution in [0.15, 0.2) is 43.4 Å². The lowest BCUT2D eigenvalue weighted by molar-refractivity contribution is 0.0562. The van der Waals surface area contributed by atoms with Crippen molar-refractivity contribution in [3.8, 4) is 0 Å². The third-order valence-electron chi connectivity index (χ3n) is 5.70. The van der Waals surface area contributed by atoms with E-state index in [-0.39, 0.29) is 11.1 Å². The van der Waals surface area contributed by atoms with Crippen molar-refractivity contribution in [1.29, 1.82) is 0 Å². The van der Waals surface area contributed by atoms with Crippen LogP contribution in [0.2, 0.25) is 0 Å². The van der Waals surface area contributed by atoms with E-state index in [1.165, 1.54) is 16.8 Å². The average molecular weight is 382 g/mol. The van der Waals surface area contributed by atoms with Crippen LogP contribution in [0.4, 0.5) is 0 Å². The Hall–Kier alpha value is -1.98. The molecule has 3 heterocycles. The molecule has 0 bridgehead atoms. The summed E-state index contributed by atoms with van der Waals surface area (Å²) in [6, 6.07) is 4.75. The number of hydrogen-bond acceptors (Lipinski definition) is 4. The highest BCUT2D eigenvalue weighted by Crippen LogP contribution is 2.33. The molecule has 0 radical (unpaired) electrons. The van der Waals surface area contributed by atoms with E-state index in [2.05, 4.69) is 73.6 Å². The quantitative estimate of drug-likeness (QED) is 0.734. The Kier molecular flexibility index (Phi) is 6.06. The van der Waals surface area contributed by atoms with Crippen molar-refractivity contribution in [3.05, 3.63) is 60.2 Å². The number of nitrogens with one attached hydrogen (secondary N) is 1. The molecule has 2 aromatic heterocycles. The van der Waals surface area contributed by atoms with E-state index in [0.717, 1.165) is 32.5 Å². The highest BCUT2D eigenvalue weighted by Gasteiger charge is 2.40. The van der Waals surface area contributed by atoms with Crippen LogP contribution in [-0.4, -0.2) is 36.8 Å². The lowest BCUT2D eigenvalue weighted by atomic mass is 9.79. The Labute approximate surface area is 169 Å². The number of nitrogens with zero attached hydrogens (tertiary/aromatic N) is 4. The summed E-state index contributed by atoms with van der Waals surface area (Å²) in [5.74, 6) is 0. The van der Waals surface area contributed by atoms with Gasteiger partial charge in [-0.2, -0.15) is 5.10 Å². The zero-order chi connectivity index (χ0) is 20.4. The molecule has 28 heavy (non-hydrogen) atoms. The molecule has 2 aromatic rings. The van der Waals surface area contributed by atoms with Crippen molar-refractivity contribution in [3.63, 3.8) is 0 Å². The fourth-order valence-electron chi connectivity index (χ4n) is 4.73. The van der Waals surface area contributed by atoms with Crippen molar-refractivity contribution in [2.75, 3.05) is 0 Å². The van der Waals surface area contributed by atoms with Gasteiger partial charge in [0.2, 0.25) is 0 Å². The molecular formula is C23H35N5. The lowest BCUT2D eigenvalue weighted by Gasteiger charge is -2.49. The first-order chi connectivity index (χ1) is 13.2. The minimum atomic E-state index is 0.116. The smallest absolute Gasteiger partial charge is 0.0590 e. The van der Waals surface area contributed by atoms with E-state index in [1.807, 2.05) is 29.3 Å². The molecule has 1 fully saturated rings. The molecule has 0 spiro atoms. The number of allylic oxidation sites excluding steroid dienone is 1. The van der Waals surface area contributed by atoms with Gasteiger partial charge in [-0.05, 0) is 65.2 Å². The molecule has 5 heteroatoms. The molecule has 0 atom stereocenters. The first-order valence-electron chi connectivity index (χ1n) is 10.2. The third kappa shape index (κ3) is 5.09. The van der Waals surface area contributed by atoms with Crippen molar-refractivity contribution in [2.24, 2.45) is 0 Å². The Morgan fingerprint density at radius 3 is 2.43 bits per heavy atom.